The van der Waals surface area contributed by atoms with E-state index in [0.717, 1.165) is 31.6 Å². The molecule has 0 aliphatic carbocycles. The van der Waals surface area contributed by atoms with Gasteiger partial charge in [-0.15, -0.1) is 0 Å². The normalized spacial score (nSPS) is 11.7. The van der Waals surface area contributed by atoms with E-state index in [9.17, 15) is 4.79 Å². The van der Waals surface area contributed by atoms with E-state index < -0.39 is 5.97 Å². The standard InChI is InChI=1S/C24H32O3/c1-20(24(25)26)13-9-7-5-3-2-4-6-8-12-18-27-23-17-16-21-14-10-11-15-22(21)19-23/h10-11,13-17,19H,2-9,12,18H2,1H3,(H,25,26). The van der Waals surface area contributed by atoms with Crippen molar-refractivity contribution in [3.63, 3.8) is 0 Å². The maximum absolute atomic E-state index is 10.7. The third-order valence-corrected chi connectivity index (χ3v) is 4.88. The molecule has 2 rings (SSSR count). The van der Waals surface area contributed by atoms with Crippen LogP contribution in [0.1, 0.15) is 64.7 Å². The zero-order chi connectivity index (χ0) is 19.3. The van der Waals surface area contributed by atoms with E-state index in [2.05, 4.69) is 42.5 Å². The molecule has 0 bridgehead atoms. The predicted molar refractivity (Wildman–Crippen MR) is 112 cm³/mol. The van der Waals surface area contributed by atoms with Gasteiger partial charge in [0.2, 0.25) is 0 Å². The second kappa shape index (κ2) is 12.2. The minimum absolute atomic E-state index is 0.459. The highest BCUT2D eigenvalue weighted by Crippen LogP contribution is 2.21. The summed E-state index contributed by atoms with van der Waals surface area (Å²) >= 11 is 0. The van der Waals surface area contributed by atoms with E-state index in [1.54, 1.807) is 6.92 Å². The van der Waals surface area contributed by atoms with Crippen molar-refractivity contribution in [3.05, 3.63) is 54.1 Å². The number of allylic oxidation sites excluding steroid dienone is 1. The number of rotatable bonds is 13. The smallest absolute Gasteiger partial charge is 0.330 e. The molecule has 3 nitrogen and oxygen atoms in total. The van der Waals surface area contributed by atoms with Crippen molar-refractivity contribution in [2.24, 2.45) is 0 Å². The summed E-state index contributed by atoms with van der Waals surface area (Å²) in [5.74, 6) is 0.153. The van der Waals surface area contributed by atoms with Gasteiger partial charge in [-0.2, -0.15) is 0 Å². The van der Waals surface area contributed by atoms with Gasteiger partial charge in [-0.3, -0.25) is 0 Å². The lowest BCUT2D eigenvalue weighted by Gasteiger charge is -2.07. The lowest BCUT2D eigenvalue weighted by Crippen LogP contribution is -1.97. The maximum atomic E-state index is 10.7. The predicted octanol–water partition coefficient (Wildman–Crippen LogP) is 6.76. The molecular weight excluding hydrogens is 336 g/mol. The van der Waals surface area contributed by atoms with Crippen LogP contribution in [0.3, 0.4) is 0 Å². The summed E-state index contributed by atoms with van der Waals surface area (Å²) in [7, 11) is 0. The Hall–Kier alpha value is -2.29. The van der Waals surface area contributed by atoms with Crippen molar-refractivity contribution in [3.8, 4) is 5.75 Å². The van der Waals surface area contributed by atoms with Crippen molar-refractivity contribution < 1.29 is 14.6 Å². The number of benzene rings is 2. The summed E-state index contributed by atoms with van der Waals surface area (Å²) in [6.45, 7) is 2.44. The highest BCUT2D eigenvalue weighted by molar-refractivity contribution is 5.85. The maximum Gasteiger partial charge on any atom is 0.330 e. The molecule has 146 valence electrons. The Kier molecular flexibility index (Phi) is 9.47. The Morgan fingerprint density at radius 3 is 2.22 bits per heavy atom. The topological polar surface area (TPSA) is 46.5 Å². The molecule has 0 radical (unpaired) electrons. The van der Waals surface area contributed by atoms with Gasteiger partial charge in [-0.05, 0) is 49.1 Å². The van der Waals surface area contributed by atoms with Crippen molar-refractivity contribution in [1.82, 2.24) is 0 Å². The highest BCUT2D eigenvalue weighted by atomic mass is 16.5. The summed E-state index contributed by atoms with van der Waals surface area (Å²) in [6.07, 6.45) is 12.4. The lowest BCUT2D eigenvalue weighted by molar-refractivity contribution is -0.132. The molecule has 0 aromatic heterocycles. The molecule has 0 amide bonds. The molecule has 0 unspecified atom stereocenters. The van der Waals surface area contributed by atoms with Crippen LogP contribution in [-0.2, 0) is 4.79 Å². The van der Waals surface area contributed by atoms with Crippen LogP contribution in [0, 0.1) is 0 Å². The van der Waals surface area contributed by atoms with Crippen molar-refractivity contribution in [2.45, 2.75) is 64.7 Å². The van der Waals surface area contributed by atoms with E-state index in [1.807, 2.05) is 6.08 Å². The molecule has 27 heavy (non-hydrogen) atoms. The van der Waals surface area contributed by atoms with Gasteiger partial charge in [-0.25, -0.2) is 4.79 Å². The molecule has 0 heterocycles. The first-order chi connectivity index (χ1) is 13.2. The summed E-state index contributed by atoms with van der Waals surface area (Å²) in [5.41, 5.74) is 0.459. The molecule has 2 aromatic carbocycles. The minimum Gasteiger partial charge on any atom is -0.494 e. The first-order valence-electron chi connectivity index (χ1n) is 10.2. The summed E-state index contributed by atoms with van der Waals surface area (Å²) in [5, 5.41) is 11.2. The van der Waals surface area contributed by atoms with Crippen molar-refractivity contribution in [1.29, 1.82) is 0 Å². The molecule has 0 atom stereocenters. The summed E-state index contributed by atoms with van der Waals surface area (Å²) in [6, 6.07) is 14.6. The SMILES string of the molecule is CC(=CCCCCCCCCCCOc1ccc2ccccc2c1)C(=O)O. The Bertz CT molecular complexity index is 733. The lowest BCUT2D eigenvalue weighted by atomic mass is 10.1. The van der Waals surface area contributed by atoms with Crippen LogP contribution in [0.25, 0.3) is 10.8 Å². The molecule has 2 aromatic rings. The van der Waals surface area contributed by atoms with Crippen LogP contribution in [0.2, 0.25) is 0 Å². The first-order valence-corrected chi connectivity index (χ1v) is 10.2. The minimum atomic E-state index is -0.806. The number of hydrogen-bond acceptors (Lipinski definition) is 2. The van der Waals surface area contributed by atoms with E-state index >= 15 is 0 Å². The molecule has 3 heteroatoms. The molecule has 0 spiro atoms. The van der Waals surface area contributed by atoms with E-state index in [1.165, 1.54) is 49.3 Å². The van der Waals surface area contributed by atoms with Crippen molar-refractivity contribution in [2.75, 3.05) is 6.61 Å². The Labute approximate surface area is 163 Å². The van der Waals surface area contributed by atoms with Crippen molar-refractivity contribution >= 4 is 16.7 Å². The highest BCUT2D eigenvalue weighted by Gasteiger charge is 1.99. The number of carboxylic acid groups (broad SMARTS) is 1. The van der Waals surface area contributed by atoms with E-state index in [-0.39, 0.29) is 0 Å². The molecule has 1 N–H and O–H groups in total. The van der Waals surface area contributed by atoms with Crippen LogP contribution in [0.15, 0.2) is 54.1 Å². The van der Waals surface area contributed by atoms with Crippen LogP contribution in [0.5, 0.6) is 5.75 Å². The fourth-order valence-electron chi connectivity index (χ4n) is 3.16. The number of aliphatic carboxylic acids is 1. The number of unbranched alkanes of at least 4 members (excludes halogenated alkanes) is 8. The van der Waals surface area contributed by atoms with E-state index in [4.69, 9.17) is 9.84 Å². The number of fused-ring (bicyclic) bond motifs is 1. The van der Waals surface area contributed by atoms with Crippen LogP contribution < -0.4 is 4.74 Å². The molecule has 0 aliphatic rings. The fraction of sp³-hybridized carbons (Fsp3) is 0.458. The average molecular weight is 369 g/mol. The second-order valence-electron chi connectivity index (χ2n) is 7.17. The molecule has 0 fully saturated rings. The second-order valence-corrected chi connectivity index (χ2v) is 7.17. The van der Waals surface area contributed by atoms with E-state index in [0.29, 0.717) is 5.57 Å². The van der Waals surface area contributed by atoms with Gasteiger partial charge in [0.05, 0.1) is 6.61 Å². The molecule has 0 saturated carbocycles. The fourth-order valence-corrected chi connectivity index (χ4v) is 3.16. The quantitative estimate of drug-likeness (QED) is 0.314. The summed E-state index contributed by atoms with van der Waals surface area (Å²) < 4.78 is 5.87. The number of ether oxygens (including phenoxy) is 1. The molecular formula is C24H32O3. The summed E-state index contributed by atoms with van der Waals surface area (Å²) in [4.78, 5) is 10.7. The number of hydrogen-bond donors (Lipinski definition) is 1. The number of carboxylic acids is 1. The monoisotopic (exact) mass is 368 g/mol. The third-order valence-electron chi connectivity index (χ3n) is 4.88. The van der Waals surface area contributed by atoms with Gasteiger partial charge >= 0.3 is 5.97 Å². The van der Waals surface area contributed by atoms with Gasteiger partial charge in [0, 0.05) is 5.57 Å². The zero-order valence-corrected chi connectivity index (χ0v) is 16.5. The van der Waals surface area contributed by atoms with Gasteiger partial charge in [-0.1, -0.05) is 74.9 Å². The van der Waals surface area contributed by atoms with Gasteiger partial charge in [0.25, 0.3) is 0 Å². The third kappa shape index (κ3) is 8.29. The van der Waals surface area contributed by atoms with Gasteiger partial charge in [0.15, 0.2) is 0 Å². The van der Waals surface area contributed by atoms with Gasteiger partial charge < -0.3 is 9.84 Å². The zero-order valence-electron chi connectivity index (χ0n) is 16.5. The van der Waals surface area contributed by atoms with Crippen LogP contribution in [-0.4, -0.2) is 17.7 Å². The largest absolute Gasteiger partial charge is 0.494 e. The molecule has 0 aliphatic heterocycles. The average Bonchev–Trinajstić information content (AvgIpc) is 2.68. The molecule has 0 saturated heterocycles. The number of carbonyl (C=O) groups is 1. The van der Waals surface area contributed by atoms with Crippen LogP contribution >= 0.6 is 0 Å². The Morgan fingerprint density at radius 2 is 1.52 bits per heavy atom. The Morgan fingerprint density at radius 1 is 0.889 bits per heavy atom. The first kappa shape index (κ1) is 21.0. The Balaban J connectivity index is 1.44. The van der Waals surface area contributed by atoms with Crippen LogP contribution in [0.4, 0.5) is 0 Å². The van der Waals surface area contributed by atoms with Gasteiger partial charge in [0.1, 0.15) is 5.75 Å².